The number of hydrogen-bond donors (Lipinski definition) is 1. The molecule has 1 aliphatic heterocycles. The Morgan fingerprint density at radius 3 is 2.92 bits per heavy atom. The average molecular weight is 335 g/mol. The molecule has 0 aliphatic carbocycles. The molecule has 3 aromatic rings. The van der Waals surface area contributed by atoms with Gasteiger partial charge in [0.25, 0.3) is 0 Å². The third-order valence-electron chi connectivity index (χ3n) is 4.18. The topological polar surface area (TPSA) is 84.2 Å². The number of fused-ring (bicyclic) bond motifs is 1. The van der Waals surface area contributed by atoms with E-state index in [1.807, 2.05) is 42.5 Å². The summed E-state index contributed by atoms with van der Waals surface area (Å²) in [5, 5.41) is 7.19. The van der Waals surface area contributed by atoms with E-state index in [0.717, 1.165) is 11.3 Å². The van der Waals surface area contributed by atoms with Gasteiger partial charge in [-0.05, 0) is 23.8 Å². The van der Waals surface area contributed by atoms with E-state index >= 15 is 0 Å². The van der Waals surface area contributed by atoms with Crippen molar-refractivity contribution < 1.29 is 9.32 Å². The van der Waals surface area contributed by atoms with Gasteiger partial charge in [-0.1, -0.05) is 29.4 Å². The van der Waals surface area contributed by atoms with Crippen LogP contribution in [0.3, 0.4) is 0 Å². The van der Waals surface area contributed by atoms with Crippen LogP contribution in [0.2, 0.25) is 0 Å². The molecule has 25 heavy (non-hydrogen) atoms. The van der Waals surface area contributed by atoms with Crippen LogP contribution >= 0.6 is 0 Å². The van der Waals surface area contributed by atoms with E-state index in [9.17, 15) is 4.79 Å². The number of carbonyl (C=O) groups excluding carboxylic acids is 1. The van der Waals surface area contributed by atoms with Crippen molar-refractivity contribution in [2.24, 2.45) is 0 Å². The summed E-state index contributed by atoms with van der Waals surface area (Å²) in [6.07, 6.45) is 2.35. The molecule has 7 heteroatoms. The summed E-state index contributed by atoms with van der Waals surface area (Å²) in [4.78, 5) is 22.8. The Morgan fingerprint density at radius 1 is 1.28 bits per heavy atom. The van der Waals surface area contributed by atoms with Crippen molar-refractivity contribution in [1.82, 2.24) is 20.0 Å². The quantitative estimate of drug-likeness (QED) is 0.786. The zero-order valence-corrected chi connectivity index (χ0v) is 13.7. The minimum absolute atomic E-state index is 0.00575. The lowest BCUT2D eigenvalue weighted by molar-refractivity contribution is -0.131. The predicted octanol–water partition coefficient (Wildman–Crippen LogP) is 2.13. The Hall–Kier alpha value is -3.22. The van der Waals surface area contributed by atoms with Crippen LogP contribution in [0.4, 0.5) is 5.69 Å². The first-order valence-electron chi connectivity index (χ1n) is 8.04. The Kier molecular flexibility index (Phi) is 3.89. The van der Waals surface area contributed by atoms with Gasteiger partial charge in [0.2, 0.25) is 17.6 Å². The van der Waals surface area contributed by atoms with Gasteiger partial charge in [0.1, 0.15) is 11.7 Å². The first-order chi connectivity index (χ1) is 12.2. The number of anilines is 1. The zero-order valence-electron chi connectivity index (χ0n) is 13.7. The van der Waals surface area contributed by atoms with Gasteiger partial charge >= 0.3 is 0 Å². The van der Waals surface area contributed by atoms with Crippen LogP contribution in [-0.2, 0) is 17.8 Å². The van der Waals surface area contributed by atoms with Crippen LogP contribution in [0.5, 0.6) is 0 Å². The zero-order chi connectivity index (χ0) is 17.2. The van der Waals surface area contributed by atoms with Crippen molar-refractivity contribution in [2.45, 2.75) is 19.0 Å². The van der Waals surface area contributed by atoms with E-state index in [4.69, 9.17) is 4.52 Å². The molecule has 4 rings (SSSR count). The van der Waals surface area contributed by atoms with Gasteiger partial charge in [-0.25, -0.2) is 0 Å². The van der Waals surface area contributed by atoms with E-state index in [1.54, 1.807) is 18.1 Å². The van der Waals surface area contributed by atoms with Crippen LogP contribution in [0.15, 0.2) is 53.2 Å². The van der Waals surface area contributed by atoms with Gasteiger partial charge < -0.3 is 14.7 Å². The third-order valence-corrected chi connectivity index (χ3v) is 4.18. The highest BCUT2D eigenvalue weighted by Crippen LogP contribution is 2.26. The van der Waals surface area contributed by atoms with Crippen molar-refractivity contribution >= 4 is 11.6 Å². The number of nitrogens with one attached hydrogen (secondary N) is 1. The second-order valence-electron chi connectivity index (χ2n) is 5.98. The van der Waals surface area contributed by atoms with Gasteiger partial charge in [0.05, 0.1) is 6.54 Å². The fourth-order valence-electron chi connectivity index (χ4n) is 2.91. The second-order valence-corrected chi connectivity index (χ2v) is 5.98. The van der Waals surface area contributed by atoms with Crippen molar-refractivity contribution in [3.63, 3.8) is 0 Å². The molecule has 1 aromatic carbocycles. The fraction of sp³-hybridized carbons (Fsp3) is 0.222. The molecule has 7 nitrogen and oxygen atoms in total. The number of amides is 1. The van der Waals surface area contributed by atoms with Crippen LogP contribution < -0.4 is 5.32 Å². The van der Waals surface area contributed by atoms with E-state index in [2.05, 4.69) is 20.4 Å². The summed E-state index contributed by atoms with van der Waals surface area (Å²) in [6, 6.07) is 13.2. The number of nitrogens with zero attached hydrogens (tertiary/aromatic N) is 4. The van der Waals surface area contributed by atoms with Crippen molar-refractivity contribution in [3.05, 3.63) is 60.1 Å². The fourth-order valence-corrected chi connectivity index (χ4v) is 2.91. The Bertz CT molecular complexity index is 868. The molecule has 1 amide bonds. The molecule has 0 fully saturated rings. The van der Waals surface area contributed by atoms with Crippen LogP contribution in [0.25, 0.3) is 11.5 Å². The molecule has 0 radical (unpaired) electrons. The van der Waals surface area contributed by atoms with Gasteiger partial charge in [-0.15, -0.1) is 0 Å². The summed E-state index contributed by atoms with van der Waals surface area (Å²) in [7, 11) is 1.73. The summed E-state index contributed by atoms with van der Waals surface area (Å²) in [6.45, 7) is 0.257. The minimum atomic E-state index is -0.263. The van der Waals surface area contributed by atoms with Gasteiger partial charge in [-0.3, -0.25) is 9.78 Å². The van der Waals surface area contributed by atoms with Crippen molar-refractivity contribution in [2.75, 3.05) is 12.4 Å². The number of carbonyl (C=O) groups is 1. The number of rotatable bonds is 4. The largest absolute Gasteiger partial charge is 0.373 e. The number of hydrogen-bond acceptors (Lipinski definition) is 6. The maximum absolute atomic E-state index is 12.7. The highest BCUT2D eigenvalue weighted by Gasteiger charge is 2.29. The number of para-hydroxylation sites is 1. The molecular weight excluding hydrogens is 318 g/mol. The molecule has 1 aliphatic rings. The molecule has 0 spiro atoms. The molecule has 3 heterocycles. The van der Waals surface area contributed by atoms with Gasteiger partial charge in [0, 0.05) is 25.4 Å². The van der Waals surface area contributed by atoms with E-state index in [1.165, 1.54) is 0 Å². The van der Waals surface area contributed by atoms with E-state index in [-0.39, 0.29) is 18.5 Å². The molecule has 0 unspecified atom stereocenters. The van der Waals surface area contributed by atoms with E-state index in [0.29, 0.717) is 23.8 Å². The predicted molar refractivity (Wildman–Crippen MR) is 91.6 cm³/mol. The van der Waals surface area contributed by atoms with Crippen molar-refractivity contribution in [3.8, 4) is 11.5 Å². The van der Waals surface area contributed by atoms with Crippen LogP contribution in [0.1, 0.15) is 11.5 Å². The summed E-state index contributed by atoms with van der Waals surface area (Å²) in [5.74, 6) is 0.795. The number of pyridine rings is 1. The lowest BCUT2D eigenvalue weighted by Crippen LogP contribution is -2.39. The molecular formula is C18H17N5O2. The number of likely N-dealkylation sites (N-methyl/N-ethyl adjacent to an activating group) is 1. The first-order valence-corrected chi connectivity index (χ1v) is 8.04. The summed E-state index contributed by atoms with van der Waals surface area (Å²) < 4.78 is 5.25. The van der Waals surface area contributed by atoms with E-state index < -0.39 is 0 Å². The highest BCUT2D eigenvalue weighted by molar-refractivity contribution is 5.87. The first kappa shape index (κ1) is 15.3. The number of benzene rings is 1. The Balaban J connectivity index is 1.42. The summed E-state index contributed by atoms with van der Waals surface area (Å²) in [5.41, 5.74) is 2.81. The minimum Gasteiger partial charge on any atom is -0.373 e. The SMILES string of the molecule is CN(Cc1nc(-c2ccccn2)no1)C(=O)[C@@H]1Cc2ccccc2N1. The molecule has 2 aromatic heterocycles. The molecule has 0 saturated heterocycles. The lowest BCUT2D eigenvalue weighted by Gasteiger charge is -2.19. The second kappa shape index (κ2) is 6.35. The Morgan fingerprint density at radius 2 is 2.12 bits per heavy atom. The van der Waals surface area contributed by atoms with Crippen LogP contribution in [0, 0.1) is 0 Å². The molecule has 0 bridgehead atoms. The molecule has 0 saturated carbocycles. The normalized spacial score (nSPS) is 15.5. The third kappa shape index (κ3) is 3.08. The maximum atomic E-state index is 12.7. The average Bonchev–Trinajstić information content (AvgIpc) is 3.28. The number of aromatic nitrogens is 3. The monoisotopic (exact) mass is 335 g/mol. The molecule has 126 valence electrons. The molecule has 1 atom stereocenters. The standard InChI is InChI=1S/C18H17N5O2/c1-23(18(24)15-10-12-6-2-3-7-13(12)20-15)11-16-21-17(22-25-16)14-8-4-5-9-19-14/h2-9,15,20H,10-11H2,1H3/t15-/m0/s1. The van der Waals surface area contributed by atoms with Crippen LogP contribution in [-0.4, -0.2) is 39.0 Å². The smallest absolute Gasteiger partial charge is 0.246 e. The lowest BCUT2D eigenvalue weighted by atomic mass is 10.1. The highest BCUT2D eigenvalue weighted by atomic mass is 16.5. The van der Waals surface area contributed by atoms with Gasteiger partial charge in [-0.2, -0.15) is 4.98 Å². The summed E-state index contributed by atoms with van der Waals surface area (Å²) >= 11 is 0. The Labute approximate surface area is 144 Å². The maximum Gasteiger partial charge on any atom is 0.246 e. The molecule has 1 N–H and O–H groups in total. The van der Waals surface area contributed by atoms with Crippen molar-refractivity contribution in [1.29, 1.82) is 0 Å². The van der Waals surface area contributed by atoms with Gasteiger partial charge in [0.15, 0.2) is 0 Å².